The van der Waals surface area contributed by atoms with E-state index in [2.05, 4.69) is 16.9 Å². The quantitative estimate of drug-likeness (QED) is 0.682. The molecule has 3 rings (SSSR count). The molecule has 106 valence electrons. The molecule has 0 aromatic carbocycles. The zero-order chi connectivity index (χ0) is 13.2. The van der Waals surface area contributed by atoms with Gasteiger partial charge in [-0.1, -0.05) is 25.3 Å². The van der Waals surface area contributed by atoms with Gasteiger partial charge in [-0.15, -0.1) is 0 Å². The standard InChI is InChI=1S/C15H24N2O2/c18-15(19)7-2-1-6-13-12-8-10-4-3-5-11(10)9-14(12)17-16-13/h6,10-12,14,16-17H,1-5,7-9H2,(H,18,19). The number of carboxylic acid groups (broad SMARTS) is 1. The predicted molar refractivity (Wildman–Crippen MR) is 73.2 cm³/mol. The molecule has 0 aromatic rings. The van der Waals surface area contributed by atoms with E-state index >= 15 is 0 Å². The van der Waals surface area contributed by atoms with Crippen LogP contribution in [0.3, 0.4) is 0 Å². The van der Waals surface area contributed by atoms with Crippen LogP contribution in [0, 0.1) is 17.8 Å². The van der Waals surface area contributed by atoms with Crippen LogP contribution in [0.4, 0.5) is 0 Å². The summed E-state index contributed by atoms with van der Waals surface area (Å²) in [6.45, 7) is 0. The molecule has 0 radical (unpaired) electrons. The average molecular weight is 264 g/mol. The van der Waals surface area contributed by atoms with E-state index in [1.807, 2.05) is 0 Å². The third-order valence-electron chi connectivity index (χ3n) is 5.18. The summed E-state index contributed by atoms with van der Waals surface area (Å²) in [5.74, 6) is 1.83. The zero-order valence-electron chi connectivity index (χ0n) is 11.4. The summed E-state index contributed by atoms with van der Waals surface area (Å²) in [6.07, 6.45) is 11.0. The lowest BCUT2D eigenvalue weighted by Gasteiger charge is -2.33. The molecule has 1 aliphatic heterocycles. The van der Waals surface area contributed by atoms with Crippen LogP contribution in [-0.4, -0.2) is 17.1 Å². The summed E-state index contributed by atoms with van der Waals surface area (Å²) in [6, 6.07) is 0.602. The highest BCUT2D eigenvalue weighted by molar-refractivity contribution is 5.66. The molecule has 0 bridgehead atoms. The van der Waals surface area contributed by atoms with E-state index in [1.54, 1.807) is 0 Å². The Morgan fingerprint density at radius 3 is 2.89 bits per heavy atom. The molecular weight excluding hydrogens is 240 g/mol. The van der Waals surface area contributed by atoms with Gasteiger partial charge in [-0.05, 0) is 37.5 Å². The lowest BCUT2D eigenvalue weighted by Crippen LogP contribution is -2.38. The van der Waals surface area contributed by atoms with Crippen LogP contribution in [0.1, 0.15) is 51.4 Å². The minimum atomic E-state index is -0.694. The number of carboxylic acids is 1. The number of fused-ring (bicyclic) bond motifs is 2. The maximum absolute atomic E-state index is 10.5. The van der Waals surface area contributed by atoms with Crippen molar-refractivity contribution >= 4 is 5.97 Å². The van der Waals surface area contributed by atoms with Crippen molar-refractivity contribution in [1.82, 2.24) is 10.9 Å². The number of hydrazine groups is 1. The van der Waals surface area contributed by atoms with E-state index in [0.717, 1.165) is 24.7 Å². The van der Waals surface area contributed by atoms with Crippen LogP contribution in [0.25, 0.3) is 0 Å². The van der Waals surface area contributed by atoms with E-state index in [1.165, 1.54) is 37.8 Å². The fourth-order valence-electron chi connectivity index (χ4n) is 4.20. The average Bonchev–Trinajstić information content (AvgIpc) is 2.98. The van der Waals surface area contributed by atoms with Gasteiger partial charge in [-0.2, -0.15) is 0 Å². The molecule has 4 heteroatoms. The highest BCUT2D eigenvalue weighted by atomic mass is 16.4. The molecule has 4 nitrogen and oxygen atoms in total. The van der Waals surface area contributed by atoms with E-state index in [9.17, 15) is 4.79 Å². The van der Waals surface area contributed by atoms with Crippen molar-refractivity contribution < 1.29 is 9.90 Å². The highest BCUT2D eigenvalue weighted by Gasteiger charge is 2.43. The summed E-state index contributed by atoms with van der Waals surface area (Å²) < 4.78 is 0. The van der Waals surface area contributed by atoms with Gasteiger partial charge in [0.05, 0.1) is 0 Å². The number of nitrogens with one attached hydrogen (secondary N) is 2. The molecule has 1 heterocycles. The Balaban J connectivity index is 1.56. The summed E-state index contributed by atoms with van der Waals surface area (Å²) >= 11 is 0. The number of allylic oxidation sites excluding steroid dienone is 1. The largest absolute Gasteiger partial charge is 0.481 e. The Kier molecular flexibility index (Phi) is 3.78. The molecule has 3 aliphatic rings. The van der Waals surface area contributed by atoms with Crippen molar-refractivity contribution in [3.8, 4) is 0 Å². The molecule has 0 aromatic heterocycles. The predicted octanol–water partition coefficient (Wildman–Crippen LogP) is 2.43. The molecule has 4 unspecified atom stereocenters. The first-order valence-corrected chi connectivity index (χ1v) is 7.67. The zero-order valence-corrected chi connectivity index (χ0v) is 11.4. The van der Waals surface area contributed by atoms with Gasteiger partial charge in [-0.25, -0.2) is 5.43 Å². The van der Waals surface area contributed by atoms with Crippen LogP contribution in [0.15, 0.2) is 11.8 Å². The van der Waals surface area contributed by atoms with Crippen molar-refractivity contribution in [3.05, 3.63) is 11.8 Å². The van der Waals surface area contributed by atoms with Crippen LogP contribution in [0.5, 0.6) is 0 Å². The molecular formula is C15H24N2O2. The Morgan fingerprint density at radius 1 is 1.32 bits per heavy atom. The van der Waals surface area contributed by atoms with Gasteiger partial charge < -0.3 is 10.5 Å². The summed E-state index contributed by atoms with van der Waals surface area (Å²) in [5.41, 5.74) is 8.10. The monoisotopic (exact) mass is 264 g/mol. The first-order chi connectivity index (χ1) is 9.24. The van der Waals surface area contributed by atoms with Gasteiger partial charge in [0.1, 0.15) is 0 Å². The van der Waals surface area contributed by atoms with E-state index in [-0.39, 0.29) is 6.42 Å². The van der Waals surface area contributed by atoms with Crippen molar-refractivity contribution in [2.75, 3.05) is 0 Å². The molecule has 3 fully saturated rings. The molecule has 2 aliphatic carbocycles. The topological polar surface area (TPSA) is 61.4 Å². The Bertz CT molecular complexity index is 380. The van der Waals surface area contributed by atoms with Gasteiger partial charge in [0.15, 0.2) is 0 Å². The van der Waals surface area contributed by atoms with Gasteiger partial charge in [0.2, 0.25) is 0 Å². The fraction of sp³-hybridized carbons (Fsp3) is 0.800. The van der Waals surface area contributed by atoms with Crippen LogP contribution in [-0.2, 0) is 4.79 Å². The minimum Gasteiger partial charge on any atom is -0.481 e. The lowest BCUT2D eigenvalue weighted by molar-refractivity contribution is -0.137. The molecule has 0 spiro atoms. The summed E-state index contributed by atoms with van der Waals surface area (Å²) in [4.78, 5) is 10.5. The number of aliphatic carboxylic acids is 1. The molecule has 1 saturated heterocycles. The van der Waals surface area contributed by atoms with Gasteiger partial charge in [0, 0.05) is 24.1 Å². The molecule has 0 amide bonds. The van der Waals surface area contributed by atoms with Crippen molar-refractivity contribution in [3.63, 3.8) is 0 Å². The van der Waals surface area contributed by atoms with Gasteiger partial charge >= 0.3 is 5.97 Å². The van der Waals surface area contributed by atoms with Crippen LogP contribution in [0.2, 0.25) is 0 Å². The smallest absolute Gasteiger partial charge is 0.303 e. The van der Waals surface area contributed by atoms with Gasteiger partial charge in [-0.3, -0.25) is 4.79 Å². The SMILES string of the molecule is O=C(O)CCCC=C1NNC2CC3CCCC3CC12. The van der Waals surface area contributed by atoms with Crippen LogP contribution >= 0.6 is 0 Å². The van der Waals surface area contributed by atoms with E-state index in [0.29, 0.717) is 12.0 Å². The van der Waals surface area contributed by atoms with Gasteiger partial charge in [0.25, 0.3) is 0 Å². The number of rotatable bonds is 4. The first kappa shape index (κ1) is 13.0. The maximum Gasteiger partial charge on any atom is 0.303 e. The molecule has 2 saturated carbocycles. The third kappa shape index (κ3) is 2.78. The minimum absolute atomic E-state index is 0.274. The van der Waals surface area contributed by atoms with Crippen LogP contribution < -0.4 is 10.9 Å². The number of hydrogen-bond donors (Lipinski definition) is 3. The number of hydrogen-bond acceptors (Lipinski definition) is 3. The third-order valence-corrected chi connectivity index (χ3v) is 5.18. The highest BCUT2D eigenvalue weighted by Crippen LogP contribution is 2.47. The van der Waals surface area contributed by atoms with Crippen molar-refractivity contribution in [1.29, 1.82) is 0 Å². The van der Waals surface area contributed by atoms with Crippen molar-refractivity contribution in [2.24, 2.45) is 17.8 Å². The number of unbranched alkanes of at least 4 members (excludes halogenated alkanes) is 1. The fourth-order valence-corrected chi connectivity index (χ4v) is 4.20. The second-order valence-corrected chi connectivity index (χ2v) is 6.35. The summed E-state index contributed by atoms with van der Waals surface area (Å²) in [7, 11) is 0. The lowest BCUT2D eigenvalue weighted by atomic mass is 9.72. The molecule has 19 heavy (non-hydrogen) atoms. The molecule has 4 atom stereocenters. The number of carbonyl (C=O) groups is 1. The second-order valence-electron chi connectivity index (χ2n) is 6.35. The normalized spacial score (nSPS) is 38.8. The Hall–Kier alpha value is -1.03. The summed E-state index contributed by atoms with van der Waals surface area (Å²) in [5, 5.41) is 8.65. The van der Waals surface area contributed by atoms with Crippen molar-refractivity contribution in [2.45, 2.75) is 57.4 Å². The Morgan fingerprint density at radius 2 is 2.11 bits per heavy atom. The molecule has 3 N–H and O–H groups in total. The van der Waals surface area contributed by atoms with E-state index in [4.69, 9.17) is 5.11 Å². The second kappa shape index (κ2) is 5.53. The van der Waals surface area contributed by atoms with E-state index < -0.39 is 5.97 Å². The first-order valence-electron chi connectivity index (χ1n) is 7.67. The maximum atomic E-state index is 10.5. The Labute approximate surface area is 114 Å².